The first-order valence-corrected chi connectivity index (χ1v) is 25.0. The van der Waals surface area contributed by atoms with Crippen LogP contribution in [0.25, 0.3) is 0 Å². The molecule has 70 heavy (non-hydrogen) atoms. The summed E-state index contributed by atoms with van der Waals surface area (Å²) in [5, 5.41) is 18.4. The maximum atomic E-state index is 15.1. The highest BCUT2D eigenvalue weighted by Crippen LogP contribution is 2.38. The zero-order valence-corrected chi connectivity index (χ0v) is 43.2. The molecule has 6 amide bonds. The van der Waals surface area contributed by atoms with Crippen LogP contribution in [0, 0.1) is 10.8 Å². The molecular weight excluding hydrogens is 885 g/mol. The predicted octanol–water partition coefficient (Wildman–Crippen LogP) is 4.47. The van der Waals surface area contributed by atoms with Gasteiger partial charge in [-0.25, -0.2) is 0 Å². The van der Waals surface area contributed by atoms with E-state index in [9.17, 15) is 24.0 Å². The number of aryl methyl sites for hydroxylation is 1. The van der Waals surface area contributed by atoms with Gasteiger partial charge >= 0.3 is 0 Å². The molecule has 3 aliphatic rings. The summed E-state index contributed by atoms with van der Waals surface area (Å²) in [4.78, 5) is 89.4. The zero-order chi connectivity index (χ0) is 51.1. The molecule has 1 saturated heterocycles. The maximum absolute atomic E-state index is 15.1. The lowest BCUT2D eigenvalue weighted by atomic mass is 9.83. The number of likely N-dealkylation sites (N-methyl/N-ethyl adjacent to an activating group) is 2. The summed E-state index contributed by atoms with van der Waals surface area (Å²) in [7, 11) is 4.96. The summed E-state index contributed by atoms with van der Waals surface area (Å²) >= 11 is 0. The van der Waals surface area contributed by atoms with Gasteiger partial charge in [-0.1, -0.05) is 114 Å². The normalized spacial score (nSPS) is 21.2. The Morgan fingerprint density at radius 3 is 1.90 bits per heavy atom. The first kappa shape index (κ1) is 53.7. The van der Waals surface area contributed by atoms with E-state index in [2.05, 4.69) is 44.0 Å². The lowest BCUT2D eigenvalue weighted by Gasteiger charge is -2.41. The highest BCUT2D eigenvalue weighted by Gasteiger charge is 2.47. The van der Waals surface area contributed by atoms with Crippen LogP contribution in [0.2, 0.25) is 0 Å². The first-order valence-electron chi connectivity index (χ1n) is 25.0. The second-order valence-electron chi connectivity index (χ2n) is 21.8. The minimum atomic E-state index is -0.966. The van der Waals surface area contributed by atoms with E-state index in [1.165, 1.54) is 5.56 Å². The molecule has 2 aliphatic heterocycles. The van der Waals surface area contributed by atoms with E-state index >= 15 is 4.79 Å². The topological polar surface area (TPSA) is 190 Å². The molecule has 3 aromatic carbocycles. The van der Waals surface area contributed by atoms with Crippen molar-refractivity contribution in [3.05, 3.63) is 106 Å². The number of methoxy groups -OCH3 is 1. The Labute approximate surface area is 415 Å². The molecule has 0 radical (unpaired) electrons. The third kappa shape index (κ3) is 12.8. The fourth-order valence-corrected chi connectivity index (χ4v) is 10.0. The summed E-state index contributed by atoms with van der Waals surface area (Å²) in [6.07, 6.45) is 3.72. The molecular formula is C55H78N8O7. The van der Waals surface area contributed by atoms with Crippen LogP contribution in [-0.4, -0.2) is 122 Å². The molecule has 6 N–H and O–H groups in total. The van der Waals surface area contributed by atoms with Crippen molar-refractivity contribution in [2.75, 3.05) is 34.4 Å². The van der Waals surface area contributed by atoms with Crippen molar-refractivity contribution in [1.29, 1.82) is 0 Å². The van der Waals surface area contributed by atoms with Gasteiger partial charge in [0.2, 0.25) is 35.4 Å². The quantitative estimate of drug-likeness (QED) is 0.113. The minimum absolute atomic E-state index is 0.0832. The molecule has 0 spiro atoms. The van der Waals surface area contributed by atoms with Crippen LogP contribution in [-0.2, 0) is 59.3 Å². The molecule has 380 valence electrons. The number of benzene rings is 3. The molecule has 1 aliphatic carbocycles. The lowest BCUT2D eigenvalue weighted by molar-refractivity contribution is -0.147. The van der Waals surface area contributed by atoms with Crippen molar-refractivity contribution in [2.24, 2.45) is 10.8 Å². The van der Waals surface area contributed by atoms with Gasteiger partial charge in [0.15, 0.2) is 0 Å². The number of carbonyl (C=O) groups excluding carboxylic acids is 6. The second-order valence-corrected chi connectivity index (χ2v) is 21.8. The van der Waals surface area contributed by atoms with Gasteiger partial charge in [0.05, 0.1) is 30.8 Å². The molecule has 0 saturated carbocycles. The van der Waals surface area contributed by atoms with Gasteiger partial charge in [0.1, 0.15) is 24.2 Å². The van der Waals surface area contributed by atoms with Gasteiger partial charge in [0, 0.05) is 32.5 Å². The van der Waals surface area contributed by atoms with Gasteiger partial charge in [-0.05, 0) is 104 Å². The molecule has 9 atom stereocenters. The monoisotopic (exact) mass is 963 g/mol. The second kappa shape index (κ2) is 23.1. The summed E-state index contributed by atoms with van der Waals surface area (Å²) in [5.74, 6) is -2.22. The van der Waals surface area contributed by atoms with Gasteiger partial charge in [0.25, 0.3) is 0 Å². The number of amides is 6. The highest BCUT2D eigenvalue weighted by atomic mass is 16.5. The van der Waals surface area contributed by atoms with Crippen LogP contribution in [0.5, 0.6) is 0 Å². The van der Waals surface area contributed by atoms with E-state index in [0.717, 1.165) is 47.1 Å². The molecule has 2 heterocycles. The van der Waals surface area contributed by atoms with E-state index in [1.807, 2.05) is 102 Å². The lowest BCUT2D eigenvalue weighted by Crippen LogP contribution is -2.62. The summed E-state index contributed by atoms with van der Waals surface area (Å²) in [5.41, 5.74) is 4.53. The molecule has 1 fully saturated rings. The predicted molar refractivity (Wildman–Crippen MR) is 271 cm³/mol. The van der Waals surface area contributed by atoms with Crippen molar-refractivity contribution in [3.63, 3.8) is 0 Å². The highest BCUT2D eigenvalue weighted by molar-refractivity contribution is 5.95. The van der Waals surface area contributed by atoms with Crippen LogP contribution in [0.3, 0.4) is 0 Å². The average molecular weight is 963 g/mol. The van der Waals surface area contributed by atoms with Crippen LogP contribution in [0.1, 0.15) is 120 Å². The average Bonchev–Trinajstić information content (AvgIpc) is 3.79. The van der Waals surface area contributed by atoms with Crippen molar-refractivity contribution < 1.29 is 33.5 Å². The number of ether oxygens (including phenoxy) is 1. The Hall–Kier alpha value is -5.64. The first-order chi connectivity index (χ1) is 33.1. The molecule has 3 aromatic rings. The number of likely N-dealkylation sites (tertiary alicyclic amines) is 1. The fraction of sp³-hybridized carbons (Fsp3) is 0.564. The Morgan fingerprint density at radius 2 is 1.30 bits per heavy atom. The molecule has 15 heteroatoms. The largest absolute Gasteiger partial charge is 0.383 e. The van der Waals surface area contributed by atoms with E-state index < -0.39 is 47.1 Å². The summed E-state index contributed by atoms with van der Waals surface area (Å²) < 4.78 is 5.55. The Kier molecular flexibility index (Phi) is 17.7. The minimum Gasteiger partial charge on any atom is -0.383 e. The number of carbonyl (C=O) groups is 6. The van der Waals surface area contributed by atoms with Crippen LogP contribution >= 0.6 is 0 Å². The van der Waals surface area contributed by atoms with Crippen LogP contribution in [0.15, 0.2) is 72.8 Å². The number of rotatable bonds is 17. The molecule has 0 unspecified atom stereocenters. The van der Waals surface area contributed by atoms with Crippen LogP contribution < -0.4 is 31.9 Å². The Morgan fingerprint density at radius 1 is 0.700 bits per heavy atom. The maximum Gasteiger partial charge on any atom is 0.246 e. The molecule has 6 rings (SSSR count). The number of hydrogen-bond acceptors (Lipinski definition) is 9. The van der Waals surface area contributed by atoms with E-state index in [1.54, 1.807) is 44.9 Å². The number of hydrogen-bond donors (Lipinski definition) is 6. The number of nitrogens with one attached hydrogen (secondary N) is 6. The SMILES string of the molecule is CN[C@@H](C)C(=O)N[C@H](C(=O)N1Cc2cc([C@H]3C[C@@H](C(=O)N[C@@H]4CCCc5ccccc54)N(C(=O)[C@@H](NC(=O)[C@H](C)NC)C(C)(C)C)C3)ccc2C[C@H]1C(=O)N[C@H](COC)Cc1ccccc1)C(C)(C)C. The van der Waals surface area contributed by atoms with Crippen molar-refractivity contribution >= 4 is 35.4 Å². The van der Waals surface area contributed by atoms with E-state index in [-0.39, 0.29) is 79.6 Å². The van der Waals surface area contributed by atoms with Gasteiger partial charge in [-0.3, -0.25) is 28.8 Å². The van der Waals surface area contributed by atoms with Crippen molar-refractivity contribution in [1.82, 2.24) is 41.7 Å². The van der Waals surface area contributed by atoms with E-state index in [0.29, 0.717) is 12.8 Å². The Bertz CT molecular complexity index is 2340. The smallest absolute Gasteiger partial charge is 0.246 e. The van der Waals surface area contributed by atoms with E-state index in [4.69, 9.17) is 4.74 Å². The Balaban J connectivity index is 1.35. The third-order valence-corrected chi connectivity index (χ3v) is 14.5. The molecule has 0 aromatic heterocycles. The van der Waals surface area contributed by atoms with Crippen molar-refractivity contribution in [2.45, 2.75) is 155 Å². The third-order valence-electron chi connectivity index (χ3n) is 14.5. The summed E-state index contributed by atoms with van der Waals surface area (Å²) in [6, 6.07) is 18.7. The standard InChI is InChI=1S/C55H78N8O7/c1-33(56-9)48(64)60-46(54(3,4)5)52(68)62-30-39-27-37(24-25-38(39)28-44(62)50(66)58-41(32-70-11)26-35-18-13-12-14-19-35)40-29-45(51(67)59-43-23-17-21-36-20-15-16-22-42(36)43)63(31-40)53(69)47(55(6,7)8)61-49(65)34(2)57-10/h12-16,18-20,22,24-25,27,33-34,40-41,43-47,56-57H,17,21,23,26,28-32H2,1-11H3,(H,58,66)(H,59,67)(H,60,64)(H,61,65)/t33-,34-,40-,41-,43+,44-,45-,46+,47+/m0/s1. The fourth-order valence-electron chi connectivity index (χ4n) is 10.0. The number of nitrogens with zero attached hydrogens (tertiary/aromatic N) is 2. The summed E-state index contributed by atoms with van der Waals surface area (Å²) in [6.45, 7) is 15.4. The van der Waals surface area contributed by atoms with Gasteiger partial charge in [-0.15, -0.1) is 0 Å². The zero-order valence-electron chi connectivity index (χ0n) is 43.2. The van der Waals surface area contributed by atoms with Crippen LogP contribution in [0.4, 0.5) is 0 Å². The van der Waals surface area contributed by atoms with Gasteiger partial charge < -0.3 is 46.4 Å². The number of fused-ring (bicyclic) bond motifs is 2. The molecule has 0 bridgehead atoms. The van der Waals surface area contributed by atoms with Crippen molar-refractivity contribution in [3.8, 4) is 0 Å². The van der Waals surface area contributed by atoms with Gasteiger partial charge in [-0.2, -0.15) is 0 Å². The molecule has 15 nitrogen and oxygen atoms in total.